The van der Waals surface area contributed by atoms with E-state index in [4.69, 9.17) is 5.10 Å². The molecule has 0 aliphatic heterocycles. The number of carbonyl (C=O) groups excluding carboxylic acids is 1. The lowest BCUT2D eigenvalue weighted by atomic mass is 9.70. The topological polar surface area (TPSA) is 59.8 Å². The van der Waals surface area contributed by atoms with Gasteiger partial charge in [-0.3, -0.25) is 10.1 Å². The number of anilines is 1. The van der Waals surface area contributed by atoms with Crippen LogP contribution in [-0.2, 0) is 5.41 Å². The predicted octanol–water partition coefficient (Wildman–Crippen LogP) is 4.76. The molecule has 2 heterocycles. The second kappa shape index (κ2) is 5.52. The second-order valence-corrected chi connectivity index (χ2v) is 9.19. The van der Waals surface area contributed by atoms with Crippen LogP contribution in [0.15, 0.2) is 41.9 Å². The number of hydrogen-bond acceptors (Lipinski definition) is 4. The Morgan fingerprint density at radius 1 is 1.26 bits per heavy atom. The van der Waals surface area contributed by atoms with Crippen molar-refractivity contribution in [1.82, 2.24) is 14.8 Å². The lowest BCUT2D eigenvalue weighted by Crippen LogP contribution is -2.33. The van der Waals surface area contributed by atoms with E-state index in [1.807, 2.05) is 28.3 Å². The van der Waals surface area contributed by atoms with Crippen molar-refractivity contribution in [2.24, 2.45) is 5.41 Å². The van der Waals surface area contributed by atoms with Crippen LogP contribution in [0.4, 0.5) is 5.13 Å². The van der Waals surface area contributed by atoms with E-state index in [1.54, 1.807) is 6.20 Å². The number of thiazole rings is 1. The molecule has 2 aliphatic rings. The fourth-order valence-electron chi connectivity index (χ4n) is 5.09. The van der Waals surface area contributed by atoms with Crippen molar-refractivity contribution in [3.8, 4) is 5.69 Å². The number of aromatic nitrogens is 3. The Bertz CT molecular complexity index is 1020. The number of carbonyl (C=O) groups is 1. The van der Waals surface area contributed by atoms with Crippen LogP contribution in [0.25, 0.3) is 5.69 Å². The molecule has 1 N–H and O–H groups in total. The average Bonchev–Trinajstić information content (AvgIpc) is 3.37. The van der Waals surface area contributed by atoms with Gasteiger partial charge in [0.2, 0.25) is 0 Å². The molecule has 0 saturated heterocycles. The van der Waals surface area contributed by atoms with Crippen LogP contribution in [0.1, 0.15) is 61.3 Å². The minimum Gasteiger partial charge on any atom is -0.296 e. The van der Waals surface area contributed by atoms with Gasteiger partial charge in [-0.1, -0.05) is 39.0 Å². The first-order valence-electron chi connectivity index (χ1n) is 9.33. The molecule has 27 heavy (non-hydrogen) atoms. The van der Waals surface area contributed by atoms with Crippen LogP contribution in [0.2, 0.25) is 0 Å². The van der Waals surface area contributed by atoms with Crippen LogP contribution >= 0.6 is 11.3 Å². The van der Waals surface area contributed by atoms with Gasteiger partial charge >= 0.3 is 0 Å². The summed E-state index contributed by atoms with van der Waals surface area (Å²) in [5.74, 6) is 0.190. The summed E-state index contributed by atoms with van der Waals surface area (Å²) in [6.07, 6.45) is 3.93. The summed E-state index contributed by atoms with van der Waals surface area (Å²) in [5.41, 5.74) is 4.01. The van der Waals surface area contributed by atoms with E-state index < -0.39 is 0 Å². The fraction of sp³-hybridized carbons (Fsp3) is 0.381. The number of amides is 1. The maximum absolute atomic E-state index is 13.1. The van der Waals surface area contributed by atoms with Gasteiger partial charge in [-0.05, 0) is 36.3 Å². The fourth-order valence-corrected chi connectivity index (χ4v) is 5.61. The summed E-state index contributed by atoms with van der Waals surface area (Å²) >= 11 is 1.42. The van der Waals surface area contributed by atoms with E-state index in [0.717, 1.165) is 24.1 Å². The van der Waals surface area contributed by atoms with Crippen LogP contribution in [-0.4, -0.2) is 20.7 Å². The first kappa shape index (κ1) is 16.7. The SMILES string of the molecule is CC1(C)[C@H]2CC[C@]1(C)c1c2c(C(=O)Nc2nccs2)nn1-c1ccccc1. The van der Waals surface area contributed by atoms with Crippen molar-refractivity contribution in [2.45, 2.75) is 44.9 Å². The Labute approximate surface area is 162 Å². The quantitative estimate of drug-likeness (QED) is 0.715. The summed E-state index contributed by atoms with van der Waals surface area (Å²) in [6.45, 7) is 7.01. The number of rotatable bonds is 3. The molecule has 1 fully saturated rings. The summed E-state index contributed by atoms with van der Waals surface area (Å²) in [7, 11) is 0. The largest absolute Gasteiger partial charge is 0.296 e. The normalized spacial score (nSPS) is 24.8. The molecule has 2 atom stereocenters. The van der Waals surface area contributed by atoms with Crippen molar-refractivity contribution >= 4 is 22.4 Å². The predicted molar refractivity (Wildman–Crippen MR) is 107 cm³/mol. The van der Waals surface area contributed by atoms with Gasteiger partial charge < -0.3 is 0 Å². The Morgan fingerprint density at radius 2 is 2.04 bits per heavy atom. The van der Waals surface area contributed by atoms with Crippen molar-refractivity contribution in [3.05, 3.63) is 58.9 Å². The van der Waals surface area contributed by atoms with Crippen molar-refractivity contribution in [3.63, 3.8) is 0 Å². The van der Waals surface area contributed by atoms with E-state index in [-0.39, 0.29) is 16.7 Å². The van der Waals surface area contributed by atoms with Crippen molar-refractivity contribution < 1.29 is 4.79 Å². The minimum atomic E-state index is -0.164. The molecule has 0 spiro atoms. The minimum absolute atomic E-state index is 0.00948. The summed E-state index contributed by atoms with van der Waals surface area (Å²) in [6, 6.07) is 10.1. The van der Waals surface area contributed by atoms with Gasteiger partial charge in [-0.15, -0.1) is 11.3 Å². The zero-order valence-electron chi connectivity index (χ0n) is 15.7. The van der Waals surface area contributed by atoms with E-state index in [2.05, 4.69) is 43.2 Å². The number of hydrogen-bond donors (Lipinski definition) is 1. The van der Waals surface area contributed by atoms with Gasteiger partial charge in [0.05, 0.1) is 11.4 Å². The van der Waals surface area contributed by atoms with Crippen LogP contribution in [0.3, 0.4) is 0 Å². The van der Waals surface area contributed by atoms with Gasteiger partial charge in [0.1, 0.15) is 0 Å². The zero-order chi connectivity index (χ0) is 18.8. The van der Waals surface area contributed by atoms with E-state index in [1.165, 1.54) is 17.0 Å². The zero-order valence-corrected chi connectivity index (χ0v) is 16.5. The smallest absolute Gasteiger partial charge is 0.278 e. The number of fused-ring (bicyclic) bond motifs is 5. The molecule has 1 saturated carbocycles. The molecule has 6 heteroatoms. The standard InChI is InChI=1S/C21H22N4OS/c1-20(2)14-9-10-21(20,3)17-15(14)16(18(26)23-19-22-11-12-27-19)24-25(17)13-7-5-4-6-8-13/h4-8,11-12,14H,9-10H2,1-3H3,(H,22,23,26)/t14-,21+/m0/s1. The third kappa shape index (κ3) is 2.13. The lowest BCUT2D eigenvalue weighted by molar-refractivity contribution is 0.101. The molecule has 1 aromatic carbocycles. The molecular weight excluding hydrogens is 356 g/mol. The molecule has 0 radical (unpaired) electrons. The average molecular weight is 379 g/mol. The third-order valence-electron chi connectivity index (χ3n) is 6.89. The molecule has 2 aliphatic carbocycles. The highest BCUT2D eigenvalue weighted by molar-refractivity contribution is 7.13. The monoisotopic (exact) mass is 378 g/mol. The number of nitrogens with zero attached hydrogens (tertiary/aromatic N) is 3. The molecule has 1 amide bonds. The Morgan fingerprint density at radius 3 is 2.74 bits per heavy atom. The molecule has 5 rings (SSSR count). The summed E-state index contributed by atoms with van der Waals surface area (Å²) < 4.78 is 2.01. The summed E-state index contributed by atoms with van der Waals surface area (Å²) in [5, 5.41) is 10.2. The summed E-state index contributed by atoms with van der Waals surface area (Å²) in [4.78, 5) is 17.3. The van der Waals surface area contributed by atoms with E-state index >= 15 is 0 Å². The first-order chi connectivity index (χ1) is 12.9. The van der Waals surface area contributed by atoms with Crippen LogP contribution in [0.5, 0.6) is 0 Å². The highest BCUT2D eigenvalue weighted by Gasteiger charge is 2.63. The lowest BCUT2D eigenvalue weighted by Gasteiger charge is -2.35. The maximum atomic E-state index is 13.1. The first-order valence-corrected chi connectivity index (χ1v) is 10.2. The third-order valence-corrected chi connectivity index (χ3v) is 7.58. The van der Waals surface area contributed by atoms with Gasteiger partial charge in [0.25, 0.3) is 5.91 Å². The molecular formula is C21H22N4OS. The van der Waals surface area contributed by atoms with Gasteiger partial charge in [-0.2, -0.15) is 5.10 Å². The number of benzene rings is 1. The molecule has 2 aromatic heterocycles. The molecule has 138 valence electrons. The van der Waals surface area contributed by atoms with Crippen molar-refractivity contribution in [2.75, 3.05) is 5.32 Å². The Kier molecular flexibility index (Phi) is 3.41. The van der Waals surface area contributed by atoms with Gasteiger partial charge in [0.15, 0.2) is 10.8 Å². The Hall–Kier alpha value is -2.47. The molecule has 3 aromatic rings. The van der Waals surface area contributed by atoms with E-state index in [9.17, 15) is 4.79 Å². The Balaban J connectivity index is 1.70. The number of nitrogens with one attached hydrogen (secondary N) is 1. The molecule has 5 nitrogen and oxygen atoms in total. The number of para-hydroxylation sites is 1. The van der Waals surface area contributed by atoms with Crippen LogP contribution < -0.4 is 5.32 Å². The van der Waals surface area contributed by atoms with Gasteiger partial charge in [-0.25, -0.2) is 9.67 Å². The van der Waals surface area contributed by atoms with Gasteiger partial charge in [0, 0.05) is 22.6 Å². The molecule has 0 unspecified atom stereocenters. The van der Waals surface area contributed by atoms with Crippen molar-refractivity contribution in [1.29, 1.82) is 0 Å². The molecule has 2 bridgehead atoms. The second-order valence-electron chi connectivity index (χ2n) is 8.29. The maximum Gasteiger partial charge on any atom is 0.278 e. The van der Waals surface area contributed by atoms with E-state index in [0.29, 0.717) is 16.7 Å². The highest BCUT2D eigenvalue weighted by Crippen LogP contribution is 2.68. The van der Waals surface area contributed by atoms with Crippen LogP contribution in [0, 0.1) is 5.41 Å². The highest BCUT2D eigenvalue weighted by atomic mass is 32.1.